The Hall–Kier alpha value is -1.07. The smallest absolute Gasteiger partial charge is 0.145 e. The average Bonchev–Trinajstić information content (AvgIpc) is 3.18. The van der Waals surface area contributed by atoms with Crippen LogP contribution in [0.25, 0.3) is 11.3 Å². The van der Waals surface area contributed by atoms with Crippen molar-refractivity contribution in [2.24, 2.45) is 5.73 Å². The first-order valence-corrected chi connectivity index (χ1v) is 9.19. The van der Waals surface area contributed by atoms with Crippen LogP contribution in [0.5, 0.6) is 0 Å². The van der Waals surface area contributed by atoms with E-state index in [2.05, 4.69) is 5.16 Å². The highest BCUT2D eigenvalue weighted by Crippen LogP contribution is 2.46. The van der Waals surface area contributed by atoms with Crippen LogP contribution in [0.4, 0.5) is 0 Å². The summed E-state index contributed by atoms with van der Waals surface area (Å²) in [7, 11) is 0. The van der Waals surface area contributed by atoms with Gasteiger partial charge >= 0.3 is 0 Å². The Labute approximate surface area is 151 Å². The molecule has 6 heteroatoms. The number of aromatic nitrogens is 1. The SMILES string of the molecule is N[C@@H]1CCC(OCc2c(-c3c(Cl)cccc3Cl)noc2C2CC2)C1. The van der Waals surface area contributed by atoms with Gasteiger partial charge in [-0.05, 0) is 44.2 Å². The van der Waals surface area contributed by atoms with E-state index in [9.17, 15) is 0 Å². The number of hydrogen-bond acceptors (Lipinski definition) is 4. The Bertz CT molecular complexity index is 722. The zero-order chi connectivity index (χ0) is 16.7. The molecule has 2 atom stereocenters. The number of nitrogens with zero attached hydrogens (tertiary/aromatic N) is 1. The molecule has 2 aromatic rings. The Balaban J connectivity index is 1.65. The van der Waals surface area contributed by atoms with E-state index in [0.717, 1.165) is 49.0 Å². The van der Waals surface area contributed by atoms with E-state index in [1.54, 1.807) is 0 Å². The molecule has 2 saturated carbocycles. The molecule has 0 spiro atoms. The predicted molar refractivity (Wildman–Crippen MR) is 94.3 cm³/mol. The molecule has 0 aliphatic heterocycles. The third-order valence-electron chi connectivity index (χ3n) is 4.85. The van der Waals surface area contributed by atoms with Gasteiger partial charge in [0.15, 0.2) is 0 Å². The quantitative estimate of drug-likeness (QED) is 0.815. The number of hydrogen-bond donors (Lipinski definition) is 1. The number of benzene rings is 1. The molecule has 2 aliphatic rings. The molecule has 0 amide bonds. The normalized spacial score (nSPS) is 23.8. The van der Waals surface area contributed by atoms with E-state index in [4.69, 9.17) is 38.2 Å². The first-order chi connectivity index (χ1) is 11.6. The van der Waals surface area contributed by atoms with Crippen molar-refractivity contribution in [2.75, 3.05) is 0 Å². The van der Waals surface area contributed by atoms with Crippen molar-refractivity contribution in [3.8, 4) is 11.3 Å². The molecule has 4 rings (SSSR count). The van der Waals surface area contributed by atoms with Crippen molar-refractivity contribution in [1.82, 2.24) is 5.16 Å². The zero-order valence-corrected chi connectivity index (χ0v) is 14.8. The van der Waals surface area contributed by atoms with Gasteiger partial charge in [0, 0.05) is 23.1 Å². The van der Waals surface area contributed by atoms with Crippen LogP contribution in [0.15, 0.2) is 22.7 Å². The molecule has 2 N–H and O–H groups in total. The van der Waals surface area contributed by atoms with Gasteiger partial charge in [0.25, 0.3) is 0 Å². The van der Waals surface area contributed by atoms with E-state index in [-0.39, 0.29) is 12.1 Å². The highest BCUT2D eigenvalue weighted by Gasteiger charge is 2.34. The summed E-state index contributed by atoms with van der Waals surface area (Å²) in [4.78, 5) is 0. The summed E-state index contributed by atoms with van der Waals surface area (Å²) < 4.78 is 11.8. The van der Waals surface area contributed by atoms with Crippen LogP contribution in [0, 0.1) is 0 Å². The van der Waals surface area contributed by atoms with Crippen molar-refractivity contribution >= 4 is 23.2 Å². The summed E-state index contributed by atoms with van der Waals surface area (Å²) in [6.45, 7) is 0.462. The standard InChI is InChI=1S/C18H20Cl2N2O2/c19-14-2-1-3-15(20)16(14)17-13(18(24-22-17)10-4-5-10)9-23-12-7-6-11(21)8-12/h1-3,10-12H,4-9,21H2/t11-,12?/m1/s1. The largest absolute Gasteiger partial charge is 0.373 e. The van der Waals surface area contributed by atoms with Crippen molar-refractivity contribution in [3.63, 3.8) is 0 Å². The summed E-state index contributed by atoms with van der Waals surface area (Å²) in [6.07, 6.45) is 5.40. The molecule has 0 saturated heterocycles. The van der Waals surface area contributed by atoms with E-state index < -0.39 is 0 Å². The number of rotatable bonds is 5. The Morgan fingerprint density at radius 3 is 2.54 bits per heavy atom. The van der Waals surface area contributed by atoms with Gasteiger partial charge in [-0.3, -0.25) is 0 Å². The van der Waals surface area contributed by atoms with Crippen LogP contribution in [0.1, 0.15) is 49.3 Å². The monoisotopic (exact) mass is 366 g/mol. The van der Waals surface area contributed by atoms with Crippen molar-refractivity contribution in [2.45, 2.75) is 56.8 Å². The first-order valence-electron chi connectivity index (χ1n) is 8.43. The van der Waals surface area contributed by atoms with Gasteiger partial charge in [0.1, 0.15) is 11.5 Å². The maximum Gasteiger partial charge on any atom is 0.145 e. The fourth-order valence-electron chi connectivity index (χ4n) is 3.37. The minimum absolute atomic E-state index is 0.205. The molecule has 0 bridgehead atoms. The lowest BCUT2D eigenvalue weighted by Crippen LogP contribution is -2.17. The summed E-state index contributed by atoms with van der Waals surface area (Å²) in [6, 6.07) is 5.70. The minimum Gasteiger partial charge on any atom is -0.373 e. The lowest BCUT2D eigenvalue weighted by molar-refractivity contribution is 0.0442. The van der Waals surface area contributed by atoms with Gasteiger partial charge in [-0.25, -0.2) is 0 Å². The van der Waals surface area contributed by atoms with Gasteiger partial charge in [0.2, 0.25) is 0 Å². The maximum absolute atomic E-state index is 6.36. The lowest BCUT2D eigenvalue weighted by Gasteiger charge is -2.13. The van der Waals surface area contributed by atoms with Crippen molar-refractivity contribution < 1.29 is 9.26 Å². The number of nitrogens with two attached hydrogens (primary N) is 1. The predicted octanol–water partition coefficient (Wildman–Crippen LogP) is 4.92. The highest BCUT2D eigenvalue weighted by molar-refractivity contribution is 6.39. The fraction of sp³-hybridized carbons (Fsp3) is 0.500. The molecular formula is C18H20Cl2N2O2. The molecule has 24 heavy (non-hydrogen) atoms. The molecular weight excluding hydrogens is 347 g/mol. The summed E-state index contributed by atoms with van der Waals surface area (Å²) in [5, 5.41) is 5.42. The molecule has 1 unspecified atom stereocenters. The van der Waals surface area contributed by atoms with Gasteiger partial charge in [-0.2, -0.15) is 0 Å². The Morgan fingerprint density at radius 2 is 1.92 bits per heavy atom. The van der Waals surface area contributed by atoms with E-state index in [1.165, 1.54) is 0 Å². The second-order valence-electron chi connectivity index (χ2n) is 6.75. The minimum atomic E-state index is 0.205. The zero-order valence-electron chi connectivity index (χ0n) is 13.3. The van der Waals surface area contributed by atoms with Gasteiger partial charge in [-0.15, -0.1) is 0 Å². The second kappa shape index (κ2) is 6.68. The molecule has 1 aromatic heterocycles. The van der Waals surface area contributed by atoms with Gasteiger partial charge in [-0.1, -0.05) is 34.4 Å². The van der Waals surface area contributed by atoms with Crippen LogP contribution < -0.4 is 5.73 Å². The molecule has 2 aliphatic carbocycles. The van der Waals surface area contributed by atoms with Gasteiger partial charge < -0.3 is 15.0 Å². The van der Waals surface area contributed by atoms with Crippen LogP contribution in [0.3, 0.4) is 0 Å². The lowest BCUT2D eigenvalue weighted by atomic mass is 10.0. The topological polar surface area (TPSA) is 61.3 Å². The molecule has 4 nitrogen and oxygen atoms in total. The molecule has 2 fully saturated rings. The van der Waals surface area contributed by atoms with Crippen molar-refractivity contribution in [3.05, 3.63) is 39.6 Å². The Kier molecular flexibility index (Phi) is 4.56. The van der Waals surface area contributed by atoms with Crippen LogP contribution in [-0.4, -0.2) is 17.3 Å². The van der Waals surface area contributed by atoms with Crippen molar-refractivity contribution in [1.29, 1.82) is 0 Å². The van der Waals surface area contributed by atoms with Gasteiger partial charge in [0.05, 0.1) is 22.8 Å². The van der Waals surface area contributed by atoms with Crippen LogP contribution >= 0.6 is 23.2 Å². The third-order valence-corrected chi connectivity index (χ3v) is 5.48. The molecule has 1 aromatic carbocycles. The van der Waals surface area contributed by atoms with Crippen LogP contribution in [0.2, 0.25) is 10.0 Å². The fourth-order valence-corrected chi connectivity index (χ4v) is 3.95. The van der Waals surface area contributed by atoms with E-state index in [1.807, 2.05) is 18.2 Å². The Morgan fingerprint density at radius 1 is 1.17 bits per heavy atom. The average molecular weight is 367 g/mol. The third kappa shape index (κ3) is 3.21. The summed E-state index contributed by atoms with van der Waals surface area (Å²) >= 11 is 12.7. The summed E-state index contributed by atoms with van der Waals surface area (Å²) in [5.74, 6) is 1.36. The molecule has 0 radical (unpaired) electrons. The number of halogens is 2. The highest BCUT2D eigenvalue weighted by atomic mass is 35.5. The maximum atomic E-state index is 6.36. The van der Waals surface area contributed by atoms with Crippen LogP contribution in [-0.2, 0) is 11.3 Å². The molecule has 1 heterocycles. The summed E-state index contributed by atoms with van der Waals surface area (Å²) in [5.41, 5.74) is 8.38. The first kappa shape index (κ1) is 16.4. The second-order valence-corrected chi connectivity index (χ2v) is 7.57. The number of ether oxygens (including phenoxy) is 1. The van der Waals surface area contributed by atoms with E-state index in [0.29, 0.717) is 28.3 Å². The molecule has 128 valence electrons. The van der Waals surface area contributed by atoms with E-state index >= 15 is 0 Å².